The molecule has 0 aliphatic carbocycles. The van der Waals surface area contributed by atoms with Gasteiger partial charge in [0.2, 0.25) is 0 Å². The summed E-state index contributed by atoms with van der Waals surface area (Å²) in [5.74, 6) is -2.58. The van der Waals surface area contributed by atoms with Gasteiger partial charge in [-0.2, -0.15) is 8.42 Å². The van der Waals surface area contributed by atoms with Crippen LogP contribution in [0.3, 0.4) is 0 Å². The Kier molecular flexibility index (Phi) is 15.5. The maximum Gasteiger partial charge on any atom is 1.00 e. The number of hydrogen-bond acceptors (Lipinski definition) is 5. The average Bonchev–Trinajstić information content (AvgIpc) is 2.51. The molecule has 0 aliphatic rings. The number of aliphatic carboxylic acids is 2. The number of ether oxygens (including phenoxy) is 1. The van der Waals surface area contributed by atoms with Crippen LogP contribution in [0.1, 0.15) is 32.6 Å². The Balaban J connectivity index is 0. The zero-order valence-electron chi connectivity index (χ0n) is 14.9. The van der Waals surface area contributed by atoms with Crippen LogP contribution in [0.5, 0.6) is 5.75 Å². The van der Waals surface area contributed by atoms with Gasteiger partial charge in [-0.15, -0.1) is 0 Å². The molecule has 1 aromatic rings. The van der Waals surface area contributed by atoms with Crippen molar-refractivity contribution >= 4 is 22.1 Å². The Morgan fingerprint density at radius 3 is 2.08 bits per heavy atom. The number of rotatable bonds is 9. The molecular formula is C16H23KO8S. The molecule has 8 nitrogen and oxygen atoms in total. The number of carboxylic acid groups (broad SMARTS) is 2. The van der Waals surface area contributed by atoms with E-state index in [1.54, 1.807) is 0 Å². The predicted molar refractivity (Wildman–Crippen MR) is 91.0 cm³/mol. The number of para-hydroxylation sites is 1. The first-order valence-corrected chi connectivity index (χ1v) is 9.03. The van der Waals surface area contributed by atoms with Crippen molar-refractivity contribution in [1.82, 2.24) is 0 Å². The zero-order valence-corrected chi connectivity index (χ0v) is 18.8. The smallest absolute Gasteiger partial charge is 0.522 e. The summed E-state index contributed by atoms with van der Waals surface area (Å²) in [4.78, 5) is 20.0. The fourth-order valence-corrected chi connectivity index (χ4v) is 2.27. The van der Waals surface area contributed by atoms with Crippen LogP contribution in [0, 0.1) is 6.92 Å². The monoisotopic (exact) mass is 414 g/mol. The van der Waals surface area contributed by atoms with E-state index in [-0.39, 0.29) is 57.5 Å². The Hall–Kier alpha value is -0.494. The van der Waals surface area contributed by atoms with Crippen molar-refractivity contribution < 1.29 is 88.9 Å². The quantitative estimate of drug-likeness (QED) is 0.273. The van der Waals surface area contributed by atoms with E-state index in [0.717, 1.165) is 12.2 Å². The second-order valence-electron chi connectivity index (χ2n) is 5.13. The second kappa shape index (κ2) is 14.6. The molecule has 0 saturated carbocycles. The molecule has 26 heavy (non-hydrogen) atoms. The molecule has 1 rings (SSSR count). The van der Waals surface area contributed by atoms with Crippen molar-refractivity contribution in [1.29, 1.82) is 0 Å². The summed E-state index contributed by atoms with van der Waals surface area (Å²) in [7, 11) is -4.84. The van der Waals surface area contributed by atoms with E-state index in [4.69, 9.17) is 19.5 Å². The first-order chi connectivity index (χ1) is 11.6. The van der Waals surface area contributed by atoms with Gasteiger partial charge >= 0.3 is 63.3 Å². The molecule has 142 valence electrons. The summed E-state index contributed by atoms with van der Waals surface area (Å²) in [5, 5.41) is 13.9. The minimum Gasteiger partial charge on any atom is -0.522 e. The average molecular weight is 415 g/mol. The third kappa shape index (κ3) is 13.7. The molecule has 0 fully saturated rings. The topological polar surface area (TPSA) is 138 Å². The van der Waals surface area contributed by atoms with E-state index in [2.05, 4.69) is 13.8 Å². The first kappa shape index (κ1) is 27.7. The van der Waals surface area contributed by atoms with Crippen molar-refractivity contribution in [3.8, 4) is 5.75 Å². The van der Waals surface area contributed by atoms with Crippen LogP contribution in [-0.2, 0) is 19.7 Å². The van der Waals surface area contributed by atoms with Crippen molar-refractivity contribution in [3.05, 3.63) is 37.3 Å². The number of carboxylic acids is 2. The van der Waals surface area contributed by atoms with Crippen LogP contribution in [0.4, 0.5) is 0 Å². The number of carbonyl (C=O) groups is 2. The normalized spacial score (nSPS) is 12.6. The molecule has 1 aromatic carbocycles. The van der Waals surface area contributed by atoms with Crippen LogP contribution in [0.2, 0.25) is 0 Å². The SMILES string of the molecule is O=C(O)CC(C(=O)O)S(=O)(=O)O.[CH2-]C(CCCC)Oc1ccccc1.[K+]. The predicted octanol–water partition coefficient (Wildman–Crippen LogP) is -0.736. The van der Waals surface area contributed by atoms with E-state index < -0.39 is 33.7 Å². The van der Waals surface area contributed by atoms with Crippen LogP contribution in [-0.4, -0.2) is 46.5 Å². The maximum atomic E-state index is 10.2. The van der Waals surface area contributed by atoms with Gasteiger partial charge in [-0.1, -0.05) is 38.0 Å². The molecule has 3 N–H and O–H groups in total. The van der Waals surface area contributed by atoms with E-state index >= 15 is 0 Å². The summed E-state index contributed by atoms with van der Waals surface area (Å²) >= 11 is 0. The largest absolute Gasteiger partial charge is 1.00 e. The molecule has 0 amide bonds. The molecular weight excluding hydrogens is 391 g/mol. The Morgan fingerprint density at radius 2 is 1.73 bits per heavy atom. The van der Waals surface area contributed by atoms with Crippen LogP contribution in [0.15, 0.2) is 30.3 Å². The molecule has 0 heterocycles. The van der Waals surface area contributed by atoms with Gasteiger partial charge in [0.15, 0.2) is 5.25 Å². The third-order valence-corrected chi connectivity index (χ3v) is 4.01. The van der Waals surface area contributed by atoms with E-state index in [0.29, 0.717) is 0 Å². The van der Waals surface area contributed by atoms with E-state index in [1.807, 2.05) is 30.3 Å². The van der Waals surface area contributed by atoms with Crippen LogP contribution < -0.4 is 56.1 Å². The standard InChI is InChI=1S/C12H17O.C4H6O7S.K/c1-3-4-8-11(2)13-12-9-6-5-7-10-12;5-3(6)1-2(4(7)8)12(9,10)11;/h5-7,9-11H,2-4,8H2,1H3;2H,1H2,(H,5,6)(H,7,8)(H,9,10,11);/q-1;;+1. The summed E-state index contributed by atoms with van der Waals surface area (Å²) < 4.78 is 34.3. The van der Waals surface area contributed by atoms with E-state index in [9.17, 15) is 18.0 Å². The minimum absolute atomic E-state index is 0. The summed E-state index contributed by atoms with van der Waals surface area (Å²) in [6.07, 6.45) is 2.34. The first-order valence-electron chi connectivity index (χ1n) is 7.53. The molecule has 0 spiro atoms. The summed E-state index contributed by atoms with van der Waals surface area (Å²) in [6, 6.07) is 9.86. The fourth-order valence-electron chi connectivity index (χ4n) is 1.66. The second-order valence-corrected chi connectivity index (χ2v) is 6.73. The van der Waals surface area contributed by atoms with Gasteiger partial charge < -0.3 is 21.9 Å². The summed E-state index contributed by atoms with van der Waals surface area (Å²) in [6.45, 7) is 6.12. The molecule has 0 bridgehead atoms. The van der Waals surface area contributed by atoms with Gasteiger partial charge in [0.05, 0.1) is 6.42 Å². The Bertz CT molecular complexity index is 633. The zero-order chi connectivity index (χ0) is 19.5. The maximum absolute atomic E-state index is 10.2. The van der Waals surface area contributed by atoms with Gasteiger partial charge in [-0.25, -0.2) is 0 Å². The van der Waals surface area contributed by atoms with Gasteiger partial charge in [0.1, 0.15) is 5.75 Å². The fraction of sp³-hybridized carbons (Fsp3) is 0.438. The molecule has 2 unspecified atom stereocenters. The van der Waals surface area contributed by atoms with Gasteiger partial charge in [-0.05, 0) is 24.7 Å². The van der Waals surface area contributed by atoms with E-state index in [1.165, 1.54) is 12.8 Å². The number of benzene rings is 1. The van der Waals surface area contributed by atoms with Gasteiger partial charge in [0, 0.05) is 0 Å². The molecule has 0 aromatic heterocycles. The van der Waals surface area contributed by atoms with Crippen molar-refractivity contribution in [2.24, 2.45) is 0 Å². The van der Waals surface area contributed by atoms with Gasteiger partial charge in [0.25, 0.3) is 10.1 Å². The third-order valence-electron chi connectivity index (χ3n) is 2.92. The molecule has 0 aliphatic heterocycles. The number of hydrogen-bond donors (Lipinski definition) is 3. The Labute approximate surface area is 196 Å². The summed E-state index contributed by atoms with van der Waals surface area (Å²) in [5.41, 5.74) is 0. The van der Waals surface area contributed by atoms with Crippen molar-refractivity contribution in [2.45, 2.75) is 44.0 Å². The molecule has 2 atom stereocenters. The number of unbranched alkanes of at least 4 members (excludes halogenated alkanes) is 1. The Morgan fingerprint density at radius 1 is 1.19 bits per heavy atom. The minimum atomic E-state index is -4.84. The van der Waals surface area contributed by atoms with Crippen molar-refractivity contribution in [3.63, 3.8) is 0 Å². The molecule has 0 saturated heterocycles. The molecule has 10 heteroatoms. The van der Waals surface area contributed by atoms with Crippen molar-refractivity contribution in [2.75, 3.05) is 0 Å². The molecule has 0 radical (unpaired) electrons. The van der Waals surface area contributed by atoms with Crippen LogP contribution >= 0.6 is 0 Å². The van der Waals surface area contributed by atoms with Gasteiger partial charge in [-0.3, -0.25) is 14.1 Å². The van der Waals surface area contributed by atoms with Crippen LogP contribution in [0.25, 0.3) is 0 Å².